The van der Waals surface area contributed by atoms with E-state index in [1.807, 2.05) is 31.1 Å². The summed E-state index contributed by atoms with van der Waals surface area (Å²) in [6.45, 7) is 1.10. The number of rotatable bonds is 10. The first-order valence-corrected chi connectivity index (χ1v) is 10.7. The first-order chi connectivity index (χ1) is 14.9. The third-order valence-electron chi connectivity index (χ3n) is 5.03. The molecule has 0 amide bonds. The second-order valence-electron chi connectivity index (χ2n) is 7.43. The Labute approximate surface area is 192 Å². The molecule has 168 valence electrons. The van der Waals surface area contributed by atoms with Gasteiger partial charge in [0.1, 0.15) is 12.4 Å². The number of likely N-dealkylation sites (N-methyl/N-ethyl adjacent to an activating group) is 1. The van der Waals surface area contributed by atoms with Crippen molar-refractivity contribution in [2.24, 2.45) is 0 Å². The fraction of sp³-hybridized carbons (Fsp3) is 0.391. The molecule has 1 unspecified atom stereocenters. The summed E-state index contributed by atoms with van der Waals surface area (Å²) < 4.78 is 23.0. The fourth-order valence-corrected chi connectivity index (χ4v) is 3.78. The molecule has 0 aliphatic heterocycles. The van der Waals surface area contributed by atoms with E-state index in [0.29, 0.717) is 69.8 Å². The van der Waals surface area contributed by atoms with Gasteiger partial charge in [0.05, 0.1) is 47.6 Å². The number of fused-ring (bicyclic) bond motifs is 1. The van der Waals surface area contributed by atoms with Crippen molar-refractivity contribution in [3.05, 3.63) is 51.7 Å². The molecular formula is C23H27Cl2NO5. The summed E-state index contributed by atoms with van der Waals surface area (Å²) in [6.07, 6.45) is 1.70. The van der Waals surface area contributed by atoms with Crippen LogP contribution in [0.2, 0.25) is 10.0 Å². The Hall–Kier alpha value is -2.12. The van der Waals surface area contributed by atoms with Crippen molar-refractivity contribution in [2.45, 2.75) is 18.9 Å². The summed E-state index contributed by atoms with van der Waals surface area (Å²) in [6, 6.07) is 7.24. The summed E-state index contributed by atoms with van der Waals surface area (Å²) in [7, 11) is 7.04. The SMILES string of the molecule is COc1c(C(O)CCc2ccc(Cl)c(Cl)c2)c(OCCN(C)C)c(OC)c2occc12. The highest BCUT2D eigenvalue weighted by Gasteiger charge is 2.29. The van der Waals surface area contributed by atoms with Crippen LogP contribution in [-0.4, -0.2) is 51.5 Å². The van der Waals surface area contributed by atoms with Gasteiger partial charge in [-0.15, -0.1) is 0 Å². The number of hydrogen-bond donors (Lipinski definition) is 1. The average molecular weight is 468 g/mol. The molecule has 0 aliphatic carbocycles. The van der Waals surface area contributed by atoms with Gasteiger partial charge in [-0.05, 0) is 50.7 Å². The molecule has 0 saturated carbocycles. The van der Waals surface area contributed by atoms with E-state index in [-0.39, 0.29) is 0 Å². The first kappa shape index (κ1) is 23.5. The lowest BCUT2D eigenvalue weighted by Crippen LogP contribution is -2.20. The fourth-order valence-electron chi connectivity index (χ4n) is 3.46. The molecule has 0 fully saturated rings. The van der Waals surface area contributed by atoms with Crippen LogP contribution < -0.4 is 14.2 Å². The van der Waals surface area contributed by atoms with Crippen LogP contribution in [0.3, 0.4) is 0 Å². The topological polar surface area (TPSA) is 64.3 Å². The average Bonchev–Trinajstić information content (AvgIpc) is 3.22. The zero-order valence-electron chi connectivity index (χ0n) is 18.1. The third kappa shape index (κ3) is 5.21. The molecule has 6 nitrogen and oxygen atoms in total. The van der Waals surface area contributed by atoms with Crippen molar-refractivity contribution >= 4 is 34.2 Å². The van der Waals surface area contributed by atoms with Crippen LogP contribution in [-0.2, 0) is 6.42 Å². The lowest BCUT2D eigenvalue weighted by Gasteiger charge is -2.23. The normalized spacial score (nSPS) is 12.4. The molecule has 1 aromatic heterocycles. The molecule has 31 heavy (non-hydrogen) atoms. The van der Waals surface area contributed by atoms with Crippen LogP contribution >= 0.6 is 23.2 Å². The van der Waals surface area contributed by atoms with Crippen LogP contribution in [0.4, 0.5) is 0 Å². The van der Waals surface area contributed by atoms with Crippen molar-refractivity contribution in [3.8, 4) is 17.2 Å². The first-order valence-electron chi connectivity index (χ1n) is 9.91. The summed E-state index contributed by atoms with van der Waals surface area (Å²) >= 11 is 12.1. The Morgan fingerprint density at radius 2 is 1.77 bits per heavy atom. The standard InChI is InChI=1S/C23H27Cl2NO5/c1-26(2)10-12-31-22-19(18(27)8-6-14-5-7-16(24)17(25)13-14)20(28-3)15-9-11-30-21(15)23(22)29-4/h5,7,9,11,13,18,27H,6,8,10,12H2,1-4H3. The molecule has 0 aliphatic rings. The van der Waals surface area contributed by atoms with E-state index < -0.39 is 6.10 Å². The molecule has 1 atom stereocenters. The third-order valence-corrected chi connectivity index (χ3v) is 5.77. The van der Waals surface area contributed by atoms with Crippen molar-refractivity contribution in [1.29, 1.82) is 0 Å². The lowest BCUT2D eigenvalue weighted by molar-refractivity contribution is 0.155. The second-order valence-corrected chi connectivity index (χ2v) is 8.24. The second kappa shape index (κ2) is 10.5. The van der Waals surface area contributed by atoms with Gasteiger partial charge in [0, 0.05) is 6.54 Å². The highest BCUT2D eigenvalue weighted by Crippen LogP contribution is 2.49. The highest BCUT2D eigenvalue weighted by molar-refractivity contribution is 6.42. The van der Waals surface area contributed by atoms with Crippen molar-refractivity contribution in [3.63, 3.8) is 0 Å². The molecule has 0 bridgehead atoms. The van der Waals surface area contributed by atoms with E-state index in [9.17, 15) is 5.11 Å². The molecule has 2 aromatic carbocycles. The maximum Gasteiger partial charge on any atom is 0.205 e. The van der Waals surface area contributed by atoms with E-state index in [1.165, 1.54) is 0 Å². The molecule has 1 N–H and O–H groups in total. The number of aliphatic hydroxyl groups is 1. The largest absolute Gasteiger partial charge is 0.495 e. The number of methoxy groups -OCH3 is 2. The van der Waals surface area contributed by atoms with Crippen LogP contribution in [0.15, 0.2) is 34.9 Å². The number of ether oxygens (including phenoxy) is 3. The van der Waals surface area contributed by atoms with Gasteiger partial charge in [-0.3, -0.25) is 0 Å². The summed E-state index contributed by atoms with van der Waals surface area (Å²) in [5.41, 5.74) is 2.02. The van der Waals surface area contributed by atoms with Crippen molar-refractivity contribution in [2.75, 3.05) is 41.5 Å². The van der Waals surface area contributed by atoms with E-state index >= 15 is 0 Å². The van der Waals surface area contributed by atoms with Crippen LogP contribution in [0.25, 0.3) is 11.0 Å². The van der Waals surface area contributed by atoms with E-state index in [1.54, 1.807) is 32.6 Å². The number of benzene rings is 2. The maximum absolute atomic E-state index is 11.2. The van der Waals surface area contributed by atoms with Gasteiger partial charge in [0.2, 0.25) is 5.75 Å². The van der Waals surface area contributed by atoms with E-state index in [4.69, 9.17) is 41.8 Å². The molecule has 0 radical (unpaired) electrons. The number of halogens is 2. The minimum Gasteiger partial charge on any atom is -0.495 e. The number of aliphatic hydroxyl groups excluding tert-OH is 1. The Morgan fingerprint density at radius 3 is 2.42 bits per heavy atom. The Bertz CT molecular complexity index is 1030. The van der Waals surface area contributed by atoms with Crippen LogP contribution in [0, 0.1) is 0 Å². The zero-order valence-corrected chi connectivity index (χ0v) is 19.6. The quantitative estimate of drug-likeness (QED) is 0.432. The van der Waals surface area contributed by atoms with Crippen molar-refractivity contribution < 1.29 is 23.7 Å². The number of aryl methyl sites for hydroxylation is 1. The highest BCUT2D eigenvalue weighted by atomic mass is 35.5. The molecule has 0 spiro atoms. The minimum atomic E-state index is -0.869. The number of furan rings is 1. The van der Waals surface area contributed by atoms with Gasteiger partial charge in [-0.25, -0.2) is 0 Å². The minimum absolute atomic E-state index is 0.408. The molecule has 1 heterocycles. The Morgan fingerprint density at radius 1 is 1.03 bits per heavy atom. The summed E-state index contributed by atoms with van der Waals surface area (Å²) in [5, 5.41) is 12.9. The van der Waals surface area contributed by atoms with Gasteiger partial charge >= 0.3 is 0 Å². The van der Waals surface area contributed by atoms with Gasteiger partial charge < -0.3 is 28.6 Å². The maximum atomic E-state index is 11.2. The van der Waals surface area contributed by atoms with Gasteiger partial charge in [0.25, 0.3) is 0 Å². The monoisotopic (exact) mass is 467 g/mol. The number of nitrogens with zero attached hydrogens (tertiary/aromatic N) is 1. The zero-order chi connectivity index (χ0) is 22.5. The van der Waals surface area contributed by atoms with E-state index in [2.05, 4.69) is 0 Å². The predicted octanol–water partition coefficient (Wildman–Crippen LogP) is 5.36. The molecule has 8 heteroatoms. The summed E-state index contributed by atoms with van der Waals surface area (Å²) in [4.78, 5) is 2.01. The van der Waals surface area contributed by atoms with Gasteiger partial charge in [-0.2, -0.15) is 0 Å². The van der Waals surface area contributed by atoms with E-state index in [0.717, 1.165) is 5.56 Å². The lowest BCUT2D eigenvalue weighted by atomic mass is 9.97. The molecular weight excluding hydrogens is 441 g/mol. The smallest absolute Gasteiger partial charge is 0.205 e. The van der Waals surface area contributed by atoms with Crippen molar-refractivity contribution in [1.82, 2.24) is 4.90 Å². The summed E-state index contributed by atoms with van der Waals surface area (Å²) in [5.74, 6) is 1.36. The molecule has 0 saturated heterocycles. The van der Waals surface area contributed by atoms with Gasteiger partial charge in [0.15, 0.2) is 11.3 Å². The Balaban J connectivity index is 1.99. The Kier molecular flexibility index (Phi) is 7.94. The molecule has 3 aromatic rings. The molecule has 3 rings (SSSR count). The van der Waals surface area contributed by atoms with Gasteiger partial charge in [-0.1, -0.05) is 29.3 Å². The van der Waals surface area contributed by atoms with Crippen LogP contribution in [0.1, 0.15) is 23.7 Å². The predicted molar refractivity (Wildman–Crippen MR) is 123 cm³/mol. The number of hydrogen-bond acceptors (Lipinski definition) is 6. The van der Waals surface area contributed by atoms with Crippen LogP contribution in [0.5, 0.6) is 17.2 Å².